The molecule has 0 radical (unpaired) electrons. The van der Waals surface area contributed by atoms with Gasteiger partial charge in [0.15, 0.2) is 0 Å². The van der Waals surface area contributed by atoms with Crippen molar-refractivity contribution in [3.8, 4) is 0 Å². The first-order chi connectivity index (χ1) is 16.0. The molecule has 11 nitrogen and oxygen atoms in total. The van der Waals surface area contributed by atoms with E-state index in [2.05, 4.69) is 15.3 Å². The van der Waals surface area contributed by atoms with Crippen molar-refractivity contribution in [3.05, 3.63) is 40.7 Å². The van der Waals surface area contributed by atoms with Gasteiger partial charge in [-0.3, -0.25) is 14.9 Å². The Morgan fingerprint density at radius 3 is 2.38 bits per heavy atom. The van der Waals surface area contributed by atoms with E-state index in [4.69, 9.17) is 4.74 Å². The molecule has 0 atom stereocenters. The minimum Gasteiger partial charge on any atom is -0.466 e. The molecule has 1 aliphatic heterocycles. The number of alkyl halides is 3. The van der Waals surface area contributed by atoms with Crippen LogP contribution < -0.4 is 10.2 Å². The molecule has 184 valence electrons. The Morgan fingerprint density at radius 1 is 1.24 bits per heavy atom. The number of benzene rings is 1. The van der Waals surface area contributed by atoms with Crippen LogP contribution in [-0.2, 0) is 19.4 Å². The lowest BCUT2D eigenvalue weighted by Crippen LogP contribution is -2.37. The summed E-state index contributed by atoms with van der Waals surface area (Å²) in [4.78, 5) is 31.6. The molecule has 1 saturated heterocycles. The maximum Gasteiger partial charge on any atom is 0.501 e. The van der Waals surface area contributed by atoms with E-state index in [0.29, 0.717) is 25.9 Å². The molecule has 15 heteroatoms. The standard InChI is InChI=1S/C19H20F3N5O6S/c1-2-33-18(28)12-7-9-26(10-8-12)17-15(27(29)30)16(23-11-24-17)25-13-3-5-14(6-4-13)34(31,32)19(20,21)22/h3-6,11-12H,2,7-10H2,1H3,(H,23,24,25). The van der Waals surface area contributed by atoms with Crippen LogP contribution in [0.2, 0.25) is 0 Å². The lowest BCUT2D eigenvalue weighted by atomic mass is 9.97. The minimum atomic E-state index is -5.52. The fourth-order valence-electron chi connectivity index (χ4n) is 3.44. The van der Waals surface area contributed by atoms with Crippen LogP contribution in [0.4, 0.5) is 36.2 Å². The highest BCUT2D eigenvalue weighted by molar-refractivity contribution is 7.92. The van der Waals surface area contributed by atoms with Gasteiger partial charge in [0.1, 0.15) is 6.33 Å². The molecule has 0 aliphatic carbocycles. The highest BCUT2D eigenvalue weighted by Gasteiger charge is 2.46. The number of nitro groups is 1. The molecule has 1 aromatic heterocycles. The molecule has 0 bridgehead atoms. The second-order valence-corrected chi connectivity index (χ2v) is 9.20. The maximum absolute atomic E-state index is 12.7. The van der Waals surface area contributed by atoms with Gasteiger partial charge in [-0.2, -0.15) is 13.2 Å². The zero-order chi connectivity index (χ0) is 25.1. The highest BCUT2D eigenvalue weighted by Crippen LogP contribution is 2.36. The van der Waals surface area contributed by atoms with Gasteiger partial charge in [0.05, 0.1) is 22.3 Å². The summed E-state index contributed by atoms with van der Waals surface area (Å²) in [5, 5.41) is 14.4. The fourth-order valence-corrected chi connectivity index (χ4v) is 4.20. The highest BCUT2D eigenvalue weighted by atomic mass is 32.2. The van der Waals surface area contributed by atoms with Crippen LogP contribution in [-0.4, -0.2) is 54.5 Å². The number of aromatic nitrogens is 2. The number of carbonyl (C=O) groups is 1. The quantitative estimate of drug-likeness (QED) is 0.340. The van der Waals surface area contributed by atoms with Crippen LogP contribution in [0.1, 0.15) is 19.8 Å². The van der Waals surface area contributed by atoms with E-state index >= 15 is 0 Å². The second kappa shape index (κ2) is 9.79. The lowest BCUT2D eigenvalue weighted by Gasteiger charge is -2.31. The van der Waals surface area contributed by atoms with Gasteiger partial charge in [0.25, 0.3) is 9.84 Å². The largest absolute Gasteiger partial charge is 0.501 e. The van der Waals surface area contributed by atoms with Gasteiger partial charge < -0.3 is 15.0 Å². The smallest absolute Gasteiger partial charge is 0.466 e. The number of halogens is 3. The first kappa shape index (κ1) is 25.1. The van der Waals surface area contributed by atoms with Crippen LogP contribution in [0.25, 0.3) is 0 Å². The summed E-state index contributed by atoms with van der Waals surface area (Å²) in [5.41, 5.74) is -5.85. The van der Waals surface area contributed by atoms with E-state index in [1.807, 2.05) is 0 Å². The van der Waals surface area contributed by atoms with E-state index in [1.165, 1.54) is 0 Å². The third-order valence-corrected chi connectivity index (χ3v) is 6.63. The van der Waals surface area contributed by atoms with Crippen LogP contribution in [0.5, 0.6) is 0 Å². The lowest BCUT2D eigenvalue weighted by molar-refractivity contribution is -0.383. The van der Waals surface area contributed by atoms with Crippen molar-refractivity contribution in [1.82, 2.24) is 9.97 Å². The number of hydrogen-bond donors (Lipinski definition) is 1. The SMILES string of the molecule is CCOC(=O)C1CCN(c2ncnc(Nc3ccc(S(=O)(=O)C(F)(F)F)cc3)c2[N+](=O)[O-])CC1. The van der Waals surface area contributed by atoms with Crippen molar-refractivity contribution in [2.75, 3.05) is 29.9 Å². The zero-order valence-corrected chi connectivity index (χ0v) is 18.6. The van der Waals surface area contributed by atoms with Gasteiger partial charge in [-0.05, 0) is 44.0 Å². The molecule has 1 N–H and O–H groups in total. The molecule has 3 rings (SSSR count). The monoisotopic (exact) mass is 503 g/mol. The van der Waals surface area contributed by atoms with Gasteiger partial charge in [0.2, 0.25) is 11.6 Å². The average Bonchev–Trinajstić information content (AvgIpc) is 2.78. The first-order valence-corrected chi connectivity index (χ1v) is 11.5. The van der Waals surface area contributed by atoms with Crippen LogP contribution >= 0.6 is 0 Å². The van der Waals surface area contributed by atoms with Crippen molar-refractivity contribution in [1.29, 1.82) is 0 Å². The number of esters is 1. The number of hydrogen-bond acceptors (Lipinski definition) is 10. The van der Waals surface area contributed by atoms with Crippen molar-refractivity contribution in [3.63, 3.8) is 0 Å². The molecule has 34 heavy (non-hydrogen) atoms. The van der Waals surface area contributed by atoms with Crippen molar-refractivity contribution < 1.29 is 36.0 Å². The summed E-state index contributed by atoms with van der Waals surface area (Å²) in [7, 11) is -5.52. The van der Waals surface area contributed by atoms with Crippen LogP contribution in [0.3, 0.4) is 0 Å². The van der Waals surface area contributed by atoms with Gasteiger partial charge in [0, 0.05) is 18.8 Å². The predicted molar refractivity (Wildman–Crippen MR) is 113 cm³/mol. The molecule has 2 aromatic rings. The van der Waals surface area contributed by atoms with Crippen LogP contribution in [0.15, 0.2) is 35.5 Å². The number of nitrogens with zero attached hydrogens (tertiary/aromatic N) is 4. The Balaban J connectivity index is 1.83. The van der Waals surface area contributed by atoms with Crippen molar-refractivity contribution >= 4 is 38.8 Å². The maximum atomic E-state index is 12.7. The number of ether oxygens (including phenoxy) is 1. The van der Waals surface area contributed by atoms with E-state index < -0.39 is 30.9 Å². The molecular formula is C19H20F3N5O6S. The third kappa shape index (κ3) is 5.18. The number of rotatable bonds is 7. The minimum absolute atomic E-state index is 0.0149. The molecule has 0 amide bonds. The van der Waals surface area contributed by atoms with E-state index in [1.54, 1.807) is 11.8 Å². The first-order valence-electron chi connectivity index (χ1n) is 10.0. The Bertz CT molecular complexity index is 1170. The van der Waals surface area contributed by atoms with E-state index in [9.17, 15) is 36.5 Å². The Kier molecular flexibility index (Phi) is 7.24. The summed E-state index contributed by atoms with van der Waals surface area (Å²) in [5.74, 6) is -0.853. The second-order valence-electron chi connectivity index (χ2n) is 7.26. The fraction of sp³-hybridized carbons (Fsp3) is 0.421. The molecule has 1 fully saturated rings. The molecule has 2 heterocycles. The molecule has 0 spiro atoms. The van der Waals surface area contributed by atoms with Gasteiger partial charge in [-0.15, -0.1) is 0 Å². The summed E-state index contributed by atoms with van der Waals surface area (Å²) < 4.78 is 66.1. The third-order valence-electron chi connectivity index (χ3n) is 5.13. The summed E-state index contributed by atoms with van der Waals surface area (Å²) in [6.07, 6.45) is 1.92. The predicted octanol–water partition coefficient (Wildman–Crippen LogP) is 3.20. The summed E-state index contributed by atoms with van der Waals surface area (Å²) in [6, 6.07) is 3.54. The summed E-state index contributed by atoms with van der Waals surface area (Å²) >= 11 is 0. The zero-order valence-electron chi connectivity index (χ0n) is 17.8. The Labute approximate surface area is 192 Å². The van der Waals surface area contributed by atoms with Gasteiger partial charge in [-0.25, -0.2) is 18.4 Å². The normalized spacial score (nSPS) is 15.1. The van der Waals surface area contributed by atoms with E-state index in [0.717, 1.165) is 30.6 Å². The van der Waals surface area contributed by atoms with Crippen molar-refractivity contribution in [2.45, 2.75) is 30.2 Å². The average molecular weight is 503 g/mol. The van der Waals surface area contributed by atoms with Crippen LogP contribution in [0, 0.1) is 16.0 Å². The Morgan fingerprint density at radius 2 is 1.85 bits per heavy atom. The molecule has 0 unspecified atom stereocenters. The Hall–Kier alpha value is -3.49. The van der Waals surface area contributed by atoms with Gasteiger partial charge in [-0.1, -0.05) is 0 Å². The number of nitrogens with one attached hydrogen (secondary N) is 1. The molecule has 0 saturated carbocycles. The molecule has 1 aliphatic rings. The molecular weight excluding hydrogens is 483 g/mol. The summed E-state index contributed by atoms with van der Waals surface area (Å²) in [6.45, 7) is 2.58. The van der Waals surface area contributed by atoms with E-state index in [-0.39, 0.29) is 35.8 Å². The van der Waals surface area contributed by atoms with Gasteiger partial charge >= 0.3 is 17.2 Å². The number of carbonyl (C=O) groups excluding carboxylic acids is 1. The number of sulfone groups is 1. The number of anilines is 3. The van der Waals surface area contributed by atoms with Crippen molar-refractivity contribution in [2.24, 2.45) is 5.92 Å². The number of piperidine rings is 1. The topological polar surface area (TPSA) is 145 Å². The molecule has 1 aromatic carbocycles.